The van der Waals surface area contributed by atoms with Crippen LogP contribution in [0.2, 0.25) is 0 Å². The Morgan fingerprint density at radius 1 is 1.53 bits per heavy atom. The fraction of sp³-hybridized carbons (Fsp3) is 0.250. The van der Waals surface area contributed by atoms with Crippen LogP contribution >= 0.6 is 11.8 Å². The van der Waals surface area contributed by atoms with E-state index in [9.17, 15) is 9.59 Å². The number of aromatic amines is 1. The van der Waals surface area contributed by atoms with E-state index in [0.717, 1.165) is 11.1 Å². The van der Waals surface area contributed by atoms with E-state index in [2.05, 4.69) is 10.2 Å². The Morgan fingerprint density at radius 2 is 2.26 bits per heavy atom. The molecule has 19 heavy (non-hydrogen) atoms. The topological polar surface area (TPSA) is 88.0 Å². The Kier molecular flexibility index (Phi) is 3.75. The van der Waals surface area contributed by atoms with Gasteiger partial charge in [0.2, 0.25) is 0 Å². The second-order valence-electron chi connectivity index (χ2n) is 4.11. The minimum absolute atomic E-state index is 0.250. The molecule has 0 fully saturated rings. The van der Waals surface area contributed by atoms with E-state index < -0.39 is 5.97 Å². The van der Waals surface area contributed by atoms with Crippen molar-refractivity contribution in [3.8, 4) is 0 Å². The van der Waals surface area contributed by atoms with Crippen molar-refractivity contribution in [2.75, 3.05) is 0 Å². The van der Waals surface area contributed by atoms with Crippen LogP contribution in [0.15, 0.2) is 28.2 Å². The Labute approximate surface area is 113 Å². The van der Waals surface area contributed by atoms with Gasteiger partial charge in [-0.3, -0.25) is 4.57 Å². The highest BCUT2D eigenvalue weighted by molar-refractivity contribution is 7.98. The van der Waals surface area contributed by atoms with E-state index in [4.69, 9.17) is 5.11 Å². The average molecular weight is 279 g/mol. The molecule has 0 saturated carbocycles. The Bertz CT molecular complexity index is 675. The number of H-pyrrole nitrogens is 1. The molecule has 1 aromatic heterocycles. The number of hydrogen-bond donors (Lipinski definition) is 2. The molecule has 1 aromatic carbocycles. The van der Waals surface area contributed by atoms with Gasteiger partial charge in [-0.15, -0.1) is 5.10 Å². The maximum Gasteiger partial charge on any atom is 0.343 e. The number of nitrogens with zero attached hydrogens (tertiary/aromatic N) is 2. The van der Waals surface area contributed by atoms with Crippen LogP contribution in [0.5, 0.6) is 0 Å². The summed E-state index contributed by atoms with van der Waals surface area (Å²) in [6.45, 7) is 1.87. The molecule has 0 amide bonds. The lowest BCUT2D eigenvalue weighted by Gasteiger charge is -2.06. The van der Waals surface area contributed by atoms with Gasteiger partial charge in [0.05, 0.1) is 5.56 Å². The molecular weight excluding hydrogens is 266 g/mol. The summed E-state index contributed by atoms with van der Waals surface area (Å²) in [5.74, 6) is -0.304. The number of nitrogens with one attached hydrogen (secondary N) is 1. The molecule has 100 valence electrons. The normalized spacial score (nSPS) is 10.6. The highest BCUT2D eigenvalue weighted by Gasteiger charge is 2.08. The number of carboxylic acids is 1. The predicted molar refractivity (Wildman–Crippen MR) is 71.5 cm³/mol. The van der Waals surface area contributed by atoms with Crippen LogP contribution in [0.3, 0.4) is 0 Å². The number of thioether (sulfide) groups is 1. The number of carboxylic acid groups (broad SMARTS) is 1. The van der Waals surface area contributed by atoms with Gasteiger partial charge >= 0.3 is 11.7 Å². The highest BCUT2D eigenvalue weighted by Crippen LogP contribution is 2.22. The Balaban J connectivity index is 2.14. The van der Waals surface area contributed by atoms with E-state index in [0.29, 0.717) is 10.9 Å². The third-order valence-electron chi connectivity index (χ3n) is 2.79. The summed E-state index contributed by atoms with van der Waals surface area (Å²) >= 11 is 1.42. The van der Waals surface area contributed by atoms with Gasteiger partial charge in [-0.05, 0) is 30.2 Å². The van der Waals surface area contributed by atoms with E-state index >= 15 is 0 Å². The minimum atomic E-state index is -0.933. The van der Waals surface area contributed by atoms with E-state index in [1.807, 2.05) is 6.92 Å². The number of carbonyl (C=O) groups is 1. The van der Waals surface area contributed by atoms with E-state index in [1.54, 1.807) is 25.2 Å². The molecule has 0 unspecified atom stereocenters. The summed E-state index contributed by atoms with van der Waals surface area (Å²) in [4.78, 5) is 22.0. The second-order valence-corrected chi connectivity index (χ2v) is 5.05. The summed E-state index contributed by atoms with van der Waals surface area (Å²) in [6, 6.07) is 5.01. The average Bonchev–Trinajstić information content (AvgIpc) is 2.68. The molecule has 7 heteroatoms. The van der Waals surface area contributed by atoms with Crippen molar-refractivity contribution in [1.29, 1.82) is 0 Å². The summed E-state index contributed by atoms with van der Waals surface area (Å²) in [5.41, 5.74) is 1.96. The third-order valence-corrected chi connectivity index (χ3v) is 3.86. The van der Waals surface area contributed by atoms with Crippen molar-refractivity contribution in [2.45, 2.75) is 17.8 Å². The Hall–Kier alpha value is -2.02. The number of rotatable bonds is 4. The zero-order valence-electron chi connectivity index (χ0n) is 10.5. The van der Waals surface area contributed by atoms with Gasteiger partial charge in [0.25, 0.3) is 0 Å². The van der Waals surface area contributed by atoms with Gasteiger partial charge in [-0.25, -0.2) is 14.7 Å². The van der Waals surface area contributed by atoms with Crippen molar-refractivity contribution in [2.24, 2.45) is 7.05 Å². The summed E-state index contributed by atoms with van der Waals surface area (Å²) in [5, 5.41) is 15.8. The van der Waals surface area contributed by atoms with Crippen molar-refractivity contribution in [3.63, 3.8) is 0 Å². The molecule has 0 radical (unpaired) electrons. The summed E-state index contributed by atoms with van der Waals surface area (Å²) < 4.78 is 1.44. The van der Waals surface area contributed by atoms with E-state index in [-0.39, 0.29) is 11.3 Å². The first-order valence-electron chi connectivity index (χ1n) is 5.56. The van der Waals surface area contributed by atoms with Crippen LogP contribution in [0.25, 0.3) is 0 Å². The number of aromatic carboxylic acids is 1. The van der Waals surface area contributed by atoms with Crippen LogP contribution in [-0.4, -0.2) is 25.8 Å². The summed E-state index contributed by atoms with van der Waals surface area (Å²) in [6.07, 6.45) is 0. The van der Waals surface area contributed by atoms with Crippen molar-refractivity contribution in [3.05, 3.63) is 45.4 Å². The standard InChI is InChI=1S/C12H13N3O3S/c1-7-5-8(10(16)17)3-4-9(7)6-19-12-14-13-11(18)15(12)2/h3-5H,6H2,1-2H3,(H,13,18)(H,16,17). The van der Waals surface area contributed by atoms with Crippen LogP contribution < -0.4 is 5.69 Å². The molecule has 2 rings (SSSR count). The van der Waals surface area contributed by atoms with Crippen LogP contribution in [0.1, 0.15) is 21.5 Å². The maximum absolute atomic E-state index is 11.2. The molecule has 0 bridgehead atoms. The van der Waals surface area contributed by atoms with Crippen molar-refractivity contribution < 1.29 is 9.90 Å². The maximum atomic E-state index is 11.2. The van der Waals surface area contributed by atoms with Crippen LogP contribution in [-0.2, 0) is 12.8 Å². The fourth-order valence-corrected chi connectivity index (χ4v) is 2.59. The highest BCUT2D eigenvalue weighted by atomic mass is 32.2. The first-order chi connectivity index (χ1) is 8.99. The predicted octanol–water partition coefficient (Wildman–Crippen LogP) is 1.41. The van der Waals surface area contributed by atoms with Gasteiger partial charge in [0.1, 0.15) is 0 Å². The molecule has 0 aliphatic heterocycles. The molecule has 1 heterocycles. The summed E-state index contributed by atoms with van der Waals surface area (Å²) in [7, 11) is 1.65. The SMILES string of the molecule is Cc1cc(C(=O)O)ccc1CSc1n[nH]c(=O)n1C. The second kappa shape index (κ2) is 5.31. The smallest absolute Gasteiger partial charge is 0.343 e. The quantitative estimate of drug-likeness (QED) is 0.826. The van der Waals surface area contributed by atoms with Gasteiger partial charge in [-0.1, -0.05) is 17.8 Å². The molecule has 0 saturated heterocycles. The van der Waals surface area contributed by atoms with Crippen molar-refractivity contribution >= 4 is 17.7 Å². The van der Waals surface area contributed by atoms with Gasteiger partial charge in [0, 0.05) is 12.8 Å². The van der Waals surface area contributed by atoms with Crippen LogP contribution in [0, 0.1) is 6.92 Å². The molecule has 2 aromatic rings. The molecule has 0 aliphatic carbocycles. The zero-order valence-corrected chi connectivity index (χ0v) is 11.3. The molecular formula is C12H13N3O3S. The molecule has 0 aliphatic rings. The molecule has 2 N–H and O–H groups in total. The van der Waals surface area contributed by atoms with E-state index in [1.165, 1.54) is 16.3 Å². The third kappa shape index (κ3) is 2.87. The van der Waals surface area contributed by atoms with Gasteiger partial charge < -0.3 is 5.11 Å². The number of hydrogen-bond acceptors (Lipinski definition) is 4. The lowest BCUT2D eigenvalue weighted by atomic mass is 10.1. The van der Waals surface area contributed by atoms with Gasteiger partial charge in [0.15, 0.2) is 5.16 Å². The number of benzene rings is 1. The number of aryl methyl sites for hydroxylation is 1. The first-order valence-corrected chi connectivity index (χ1v) is 6.54. The van der Waals surface area contributed by atoms with Gasteiger partial charge in [-0.2, -0.15) is 0 Å². The molecule has 6 nitrogen and oxygen atoms in total. The Morgan fingerprint density at radius 3 is 2.79 bits per heavy atom. The zero-order chi connectivity index (χ0) is 14.0. The minimum Gasteiger partial charge on any atom is -0.478 e. The fourth-order valence-electron chi connectivity index (χ4n) is 1.59. The lowest BCUT2D eigenvalue weighted by molar-refractivity contribution is 0.0697. The van der Waals surface area contributed by atoms with Crippen molar-refractivity contribution in [1.82, 2.24) is 14.8 Å². The van der Waals surface area contributed by atoms with Crippen LogP contribution in [0.4, 0.5) is 0 Å². The molecule has 0 spiro atoms. The first kappa shape index (κ1) is 13.4. The number of aromatic nitrogens is 3. The monoisotopic (exact) mass is 279 g/mol. The largest absolute Gasteiger partial charge is 0.478 e. The lowest BCUT2D eigenvalue weighted by Crippen LogP contribution is -2.12. The molecule has 0 atom stereocenters.